The Morgan fingerprint density at radius 3 is 2.57 bits per heavy atom. The first-order valence-corrected chi connectivity index (χ1v) is 7.47. The largest absolute Gasteiger partial charge is 0.384 e. The van der Waals surface area contributed by atoms with Crippen molar-refractivity contribution in [3.05, 3.63) is 36.4 Å². The summed E-state index contributed by atoms with van der Waals surface area (Å²) in [4.78, 5) is 15.0. The van der Waals surface area contributed by atoms with E-state index in [9.17, 15) is 0 Å². The van der Waals surface area contributed by atoms with Crippen molar-refractivity contribution in [2.24, 2.45) is 0 Å². The Morgan fingerprint density at radius 2 is 1.91 bits per heavy atom. The van der Waals surface area contributed by atoms with Crippen LogP contribution in [-0.4, -0.2) is 31.8 Å². The summed E-state index contributed by atoms with van der Waals surface area (Å²) in [7, 11) is 1.99. The Labute approximate surface area is 135 Å². The highest BCUT2D eigenvalue weighted by atomic mass is 15.3. The molecule has 0 saturated heterocycles. The van der Waals surface area contributed by atoms with Crippen molar-refractivity contribution in [1.82, 2.24) is 24.7 Å². The minimum Gasteiger partial charge on any atom is -0.384 e. The fourth-order valence-electron chi connectivity index (χ4n) is 2.51. The second-order valence-electron chi connectivity index (χ2n) is 6.61. The van der Waals surface area contributed by atoms with Gasteiger partial charge in [0.25, 0.3) is 0 Å². The first-order chi connectivity index (χ1) is 10.9. The molecule has 3 aromatic rings. The van der Waals surface area contributed by atoms with Gasteiger partial charge in [0, 0.05) is 19.8 Å². The van der Waals surface area contributed by atoms with E-state index in [2.05, 4.69) is 45.7 Å². The van der Waals surface area contributed by atoms with E-state index < -0.39 is 0 Å². The third-order valence-electron chi connectivity index (χ3n) is 3.61. The van der Waals surface area contributed by atoms with E-state index in [-0.39, 0.29) is 5.54 Å². The maximum absolute atomic E-state index is 5.63. The smallest absolute Gasteiger partial charge is 0.163 e. The van der Waals surface area contributed by atoms with Gasteiger partial charge in [-0.25, -0.2) is 19.6 Å². The normalized spacial score (nSPS) is 11.8. The minimum atomic E-state index is -0.132. The lowest BCUT2D eigenvalue weighted by molar-refractivity contribution is 0.366. The Hall–Kier alpha value is -2.70. The lowest BCUT2D eigenvalue weighted by Crippen LogP contribution is -2.23. The zero-order valence-electron chi connectivity index (χ0n) is 13.9. The molecule has 0 aromatic carbocycles. The highest BCUT2D eigenvalue weighted by molar-refractivity contribution is 5.86. The predicted octanol–water partition coefficient (Wildman–Crippen LogP) is 2.19. The second-order valence-corrected chi connectivity index (χ2v) is 6.61. The molecule has 2 N–H and O–H groups in total. The van der Waals surface area contributed by atoms with Crippen molar-refractivity contribution in [2.45, 2.75) is 32.9 Å². The molecule has 0 aliphatic carbocycles. The fourth-order valence-corrected chi connectivity index (χ4v) is 2.51. The quantitative estimate of drug-likeness (QED) is 0.798. The lowest BCUT2D eigenvalue weighted by atomic mass is 10.1. The van der Waals surface area contributed by atoms with Gasteiger partial charge in [-0.2, -0.15) is 5.10 Å². The molecule has 0 radical (unpaired) electrons. The average Bonchev–Trinajstić information content (AvgIpc) is 2.93. The van der Waals surface area contributed by atoms with E-state index in [0.29, 0.717) is 12.4 Å². The van der Waals surface area contributed by atoms with Crippen LogP contribution in [0.1, 0.15) is 26.3 Å². The molecule has 0 saturated carbocycles. The number of anilines is 2. The molecule has 0 spiro atoms. The summed E-state index contributed by atoms with van der Waals surface area (Å²) in [5.74, 6) is 1.37. The topological polar surface area (TPSA) is 85.8 Å². The molecule has 0 atom stereocenters. The standard InChI is InChI=1S/C16H21N7/c1-16(2,3)23-15-12(8-21-23)14(19-10-20-15)22(4)9-11-5-6-13(17)18-7-11/h5-8,10H,9H2,1-4H3,(H2,17,18). The molecule has 3 rings (SSSR count). The van der Waals surface area contributed by atoms with Gasteiger partial charge in [-0.15, -0.1) is 0 Å². The molecule has 3 heterocycles. The summed E-state index contributed by atoms with van der Waals surface area (Å²) in [6.45, 7) is 6.99. The zero-order valence-corrected chi connectivity index (χ0v) is 13.9. The average molecular weight is 311 g/mol. The van der Waals surface area contributed by atoms with Crippen molar-refractivity contribution in [3.8, 4) is 0 Å². The fraction of sp³-hybridized carbons (Fsp3) is 0.375. The molecule has 120 valence electrons. The SMILES string of the molecule is CN(Cc1ccc(N)nc1)c1ncnc2c1cnn2C(C)(C)C. The number of nitrogens with zero attached hydrogens (tertiary/aromatic N) is 6. The van der Waals surface area contributed by atoms with Gasteiger partial charge in [-0.3, -0.25) is 0 Å². The van der Waals surface area contributed by atoms with E-state index in [1.165, 1.54) is 0 Å². The number of fused-ring (bicyclic) bond motifs is 1. The van der Waals surface area contributed by atoms with Crippen LogP contribution in [-0.2, 0) is 12.1 Å². The van der Waals surface area contributed by atoms with Crippen LogP contribution >= 0.6 is 0 Å². The van der Waals surface area contributed by atoms with Crippen molar-refractivity contribution in [1.29, 1.82) is 0 Å². The number of aromatic nitrogens is 5. The molecule has 3 aromatic heterocycles. The van der Waals surface area contributed by atoms with Crippen molar-refractivity contribution in [2.75, 3.05) is 17.7 Å². The van der Waals surface area contributed by atoms with Crippen molar-refractivity contribution >= 4 is 22.7 Å². The highest BCUT2D eigenvalue weighted by Crippen LogP contribution is 2.26. The molecule has 7 heteroatoms. The third kappa shape index (κ3) is 2.94. The Kier molecular flexibility index (Phi) is 3.63. The van der Waals surface area contributed by atoms with Gasteiger partial charge in [0.2, 0.25) is 0 Å². The van der Waals surface area contributed by atoms with E-state index in [0.717, 1.165) is 22.4 Å². The Morgan fingerprint density at radius 1 is 1.13 bits per heavy atom. The molecule has 0 aliphatic rings. The van der Waals surface area contributed by atoms with E-state index >= 15 is 0 Å². The molecule has 23 heavy (non-hydrogen) atoms. The van der Waals surface area contributed by atoms with Gasteiger partial charge >= 0.3 is 0 Å². The van der Waals surface area contributed by atoms with Crippen LogP contribution in [0.25, 0.3) is 11.0 Å². The molecule has 0 amide bonds. The van der Waals surface area contributed by atoms with Gasteiger partial charge in [0.05, 0.1) is 17.1 Å². The maximum atomic E-state index is 5.63. The number of nitrogens with two attached hydrogens (primary N) is 1. The molecular weight excluding hydrogens is 290 g/mol. The molecule has 0 unspecified atom stereocenters. The number of rotatable bonds is 3. The van der Waals surface area contributed by atoms with E-state index in [4.69, 9.17) is 5.73 Å². The summed E-state index contributed by atoms with van der Waals surface area (Å²) in [5.41, 5.74) is 7.40. The zero-order chi connectivity index (χ0) is 16.6. The number of hydrogen-bond donors (Lipinski definition) is 1. The molecule has 7 nitrogen and oxygen atoms in total. The first kappa shape index (κ1) is 15.2. The first-order valence-electron chi connectivity index (χ1n) is 7.47. The maximum Gasteiger partial charge on any atom is 0.163 e. The van der Waals surface area contributed by atoms with Gasteiger partial charge in [-0.05, 0) is 32.4 Å². The number of nitrogen functional groups attached to an aromatic ring is 1. The van der Waals surface area contributed by atoms with E-state index in [1.807, 2.05) is 24.0 Å². The summed E-state index contributed by atoms with van der Waals surface area (Å²) >= 11 is 0. The van der Waals surface area contributed by atoms with Gasteiger partial charge in [-0.1, -0.05) is 6.07 Å². The van der Waals surface area contributed by atoms with Gasteiger partial charge in [0.15, 0.2) is 5.65 Å². The van der Waals surface area contributed by atoms with Crippen LogP contribution in [0.3, 0.4) is 0 Å². The minimum absolute atomic E-state index is 0.132. The molecular formula is C16H21N7. The Bertz CT molecular complexity index is 815. The van der Waals surface area contributed by atoms with Crippen LogP contribution < -0.4 is 10.6 Å². The summed E-state index contributed by atoms with van der Waals surface area (Å²) in [6.07, 6.45) is 5.19. The van der Waals surface area contributed by atoms with Crippen LogP contribution in [0.4, 0.5) is 11.6 Å². The molecule has 0 aliphatic heterocycles. The van der Waals surface area contributed by atoms with Crippen molar-refractivity contribution < 1.29 is 0 Å². The number of pyridine rings is 1. The summed E-state index contributed by atoms with van der Waals surface area (Å²) in [5, 5.41) is 5.43. The van der Waals surface area contributed by atoms with Gasteiger partial charge in [0.1, 0.15) is 18.0 Å². The van der Waals surface area contributed by atoms with Crippen molar-refractivity contribution in [3.63, 3.8) is 0 Å². The van der Waals surface area contributed by atoms with Crippen LogP contribution in [0.2, 0.25) is 0 Å². The predicted molar refractivity (Wildman–Crippen MR) is 91.1 cm³/mol. The van der Waals surface area contributed by atoms with Crippen LogP contribution in [0, 0.1) is 0 Å². The Balaban J connectivity index is 1.96. The summed E-state index contributed by atoms with van der Waals surface area (Å²) < 4.78 is 1.92. The second kappa shape index (κ2) is 5.49. The van der Waals surface area contributed by atoms with Gasteiger partial charge < -0.3 is 10.6 Å². The van der Waals surface area contributed by atoms with E-state index in [1.54, 1.807) is 18.6 Å². The van der Waals surface area contributed by atoms with Crippen LogP contribution in [0.5, 0.6) is 0 Å². The van der Waals surface area contributed by atoms with Crippen LogP contribution in [0.15, 0.2) is 30.9 Å². The summed E-state index contributed by atoms with van der Waals surface area (Å²) in [6, 6.07) is 3.77. The third-order valence-corrected chi connectivity index (χ3v) is 3.61. The monoisotopic (exact) mass is 311 g/mol. The number of hydrogen-bond acceptors (Lipinski definition) is 6. The highest BCUT2D eigenvalue weighted by Gasteiger charge is 2.20. The molecule has 0 fully saturated rings. The molecule has 0 bridgehead atoms. The lowest BCUT2D eigenvalue weighted by Gasteiger charge is -2.21.